The second kappa shape index (κ2) is 5.09. The van der Waals surface area contributed by atoms with Crippen molar-refractivity contribution in [1.29, 1.82) is 0 Å². The van der Waals surface area contributed by atoms with Crippen LogP contribution in [0.15, 0.2) is 12.7 Å². The average Bonchev–Trinajstić information content (AvgIpc) is 2.94. The smallest absolute Gasteiger partial charge is 0.332 e. The molecule has 0 radical (unpaired) electrons. The van der Waals surface area contributed by atoms with Crippen molar-refractivity contribution in [3.05, 3.63) is 12.7 Å². The molecule has 0 spiro atoms. The molecule has 1 fully saturated rings. The third kappa shape index (κ3) is 3.87. The van der Waals surface area contributed by atoms with Crippen molar-refractivity contribution in [3.8, 4) is 0 Å². The van der Waals surface area contributed by atoms with Crippen LogP contribution in [-0.2, 0) is 19.0 Å². The molecule has 0 aromatic heterocycles. The van der Waals surface area contributed by atoms with E-state index in [-0.39, 0.29) is 6.10 Å². The lowest BCUT2D eigenvalue weighted by atomic mass is 10.4. The Morgan fingerprint density at radius 1 is 1.86 bits per heavy atom. The summed E-state index contributed by atoms with van der Waals surface area (Å²) in [5.74, 6) is -0.618. The molecule has 0 amide bonds. The fourth-order valence-corrected chi connectivity index (χ4v) is 0.801. The van der Waals surface area contributed by atoms with Gasteiger partial charge in [-0.05, 0) is 6.92 Å². The molecule has 5 heteroatoms. The Balaban J connectivity index is 2.28. The summed E-state index contributed by atoms with van der Waals surface area (Å²) in [5, 5.41) is 9.21. The number of hydrogen-bond donors (Lipinski definition) is 1. The molecular weight excluding hydrogens is 188 g/mol. The van der Waals surface area contributed by atoms with E-state index in [0.717, 1.165) is 6.08 Å². The SMILES string of the molecule is C=CC(=O)OC(OCC1CO1)C(C)O. The monoisotopic (exact) mass is 202 g/mol. The number of esters is 1. The Labute approximate surface area is 82.3 Å². The van der Waals surface area contributed by atoms with Crippen LogP contribution >= 0.6 is 0 Å². The maximum absolute atomic E-state index is 10.8. The van der Waals surface area contributed by atoms with Crippen LogP contribution < -0.4 is 0 Å². The number of carbonyl (C=O) groups is 1. The van der Waals surface area contributed by atoms with Crippen molar-refractivity contribution in [2.75, 3.05) is 13.2 Å². The maximum Gasteiger partial charge on any atom is 0.332 e. The molecule has 1 aliphatic rings. The molecule has 80 valence electrons. The van der Waals surface area contributed by atoms with Crippen LogP contribution in [0.4, 0.5) is 0 Å². The molecule has 0 bridgehead atoms. The summed E-state index contributed by atoms with van der Waals surface area (Å²) < 4.78 is 14.8. The van der Waals surface area contributed by atoms with Gasteiger partial charge in [-0.3, -0.25) is 0 Å². The zero-order valence-corrected chi connectivity index (χ0v) is 8.01. The van der Waals surface area contributed by atoms with Gasteiger partial charge in [0.2, 0.25) is 6.29 Å². The van der Waals surface area contributed by atoms with Gasteiger partial charge in [0.1, 0.15) is 12.2 Å². The highest BCUT2D eigenvalue weighted by Gasteiger charge is 2.27. The molecule has 0 aromatic carbocycles. The van der Waals surface area contributed by atoms with E-state index in [1.165, 1.54) is 6.92 Å². The highest BCUT2D eigenvalue weighted by Crippen LogP contribution is 2.12. The van der Waals surface area contributed by atoms with Gasteiger partial charge in [0.15, 0.2) is 0 Å². The molecule has 1 saturated heterocycles. The minimum atomic E-state index is -0.954. The average molecular weight is 202 g/mol. The van der Waals surface area contributed by atoms with Gasteiger partial charge in [-0.25, -0.2) is 4.79 Å². The van der Waals surface area contributed by atoms with Gasteiger partial charge in [-0.1, -0.05) is 6.58 Å². The predicted octanol–water partition coefficient (Wildman–Crippen LogP) is -0.162. The summed E-state index contributed by atoms with van der Waals surface area (Å²) in [4.78, 5) is 10.8. The van der Waals surface area contributed by atoms with Gasteiger partial charge in [-0.2, -0.15) is 0 Å². The van der Waals surface area contributed by atoms with Gasteiger partial charge in [0.05, 0.1) is 13.2 Å². The van der Waals surface area contributed by atoms with E-state index in [0.29, 0.717) is 13.2 Å². The molecule has 3 unspecified atom stereocenters. The summed E-state index contributed by atoms with van der Waals surface area (Å²) in [7, 11) is 0. The molecule has 3 atom stereocenters. The van der Waals surface area contributed by atoms with Crippen LogP contribution in [0.25, 0.3) is 0 Å². The third-order valence-corrected chi connectivity index (χ3v) is 1.64. The fraction of sp³-hybridized carbons (Fsp3) is 0.667. The minimum absolute atomic E-state index is 0.0682. The number of epoxide rings is 1. The van der Waals surface area contributed by atoms with Crippen LogP contribution in [0.1, 0.15) is 6.92 Å². The van der Waals surface area contributed by atoms with Crippen LogP contribution in [0.2, 0.25) is 0 Å². The summed E-state index contributed by atoms with van der Waals surface area (Å²) in [6.45, 7) is 5.70. The lowest BCUT2D eigenvalue weighted by molar-refractivity contribution is -0.196. The summed E-state index contributed by atoms with van der Waals surface area (Å²) in [5.41, 5.74) is 0. The van der Waals surface area contributed by atoms with E-state index in [1.54, 1.807) is 0 Å². The molecule has 0 aliphatic carbocycles. The Morgan fingerprint density at radius 2 is 2.50 bits per heavy atom. The van der Waals surface area contributed by atoms with Gasteiger partial charge >= 0.3 is 5.97 Å². The Bertz CT molecular complexity index is 209. The molecule has 5 nitrogen and oxygen atoms in total. The highest BCUT2D eigenvalue weighted by molar-refractivity contribution is 5.81. The second-order valence-electron chi connectivity index (χ2n) is 3.04. The molecule has 1 rings (SSSR count). The van der Waals surface area contributed by atoms with E-state index in [2.05, 4.69) is 6.58 Å². The van der Waals surface area contributed by atoms with Crippen LogP contribution in [0.3, 0.4) is 0 Å². The van der Waals surface area contributed by atoms with Crippen molar-refractivity contribution < 1.29 is 24.1 Å². The normalized spacial score (nSPS) is 23.7. The van der Waals surface area contributed by atoms with Crippen molar-refractivity contribution in [2.45, 2.75) is 25.4 Å². The van der Waals surface area contributed by atoms with Crippen LogP contribution in [0, 0.1) is 0 Å². The van der Waals surface area contributed by atoms with E-state index >= 15 is 0 Å². The molecule has 0 aromatic rings. The second-order valence-corrected chi connectivity index (χ2v) is 3.04. The van der Waals surface area contributed by atoms with Gasteiger partial charge < -0.3 is 19.3 Å². The summed E-state index contributed by atoms with van der Waals surface area (Å²) in [6.07, 6.45) is -0.743. The van der Waals surface area contributed by atoms with E-state index in [1.807, 2.05) is 0 Å². The van der Waals surface area contributed by atoms with Gasteiger partial charge in [0.25, 0.3) is 0 Å². The molecular formula is C9H14O5. The molecule has 0 saturated carbocycles. The zero-order valence-electron chi connectivity index (χ0n) is 8.01. The predicted molar refractivity (Wildman–Crippen MR) is 47.4 cm³/mol. The van der Waals surface area contributed by atoms with Crippen LogP contribution in [-0.4, -0.2) is 42.8 Å². The molecule has 1 N–H and O–H groups in total. The minimum Gasteiger partial charge on any atom is -0.430 e. The van der Waals surface area contributed by atoms with E-state index in [4.69, 9.17) is 14.2 Å². The maximum atomic E-state index is 10.8. The number of rotatable bonds is 6. The number of aliphatic hydroxyl groups excluding tert-OH is 1. The molecule has 1 aliphatic heterocycles. The lowest BCUT2D eigenvalue weighted by Crippen LogP contribution is -2.32. The number of carbonyl (C=O) groups excluding carboxylic acids is 1. The Morgan fingerprint density at radius 3 is 2.93 bits per heavy atom. The number of hydrogen-bond acceptors (Lipinski definition) is 5. The standard InChI is InChI=1S/C9H14O5/c1-3-8(11)14-9(6(2)10)13-5-7-4-12-7/h3,6-7,9-10H,1,4-5H2,2H3. The summed E-state index contributed by atoms with van der Waals surface area (Å²) >= 11 is 0. The number of ether oxygens (including phenoxy) is 3. The zero-order chi connectivity index (χ0) is 10.6. The van der Waals surface area contributed by atoms with Gasteiger partial charge in [-0.15, -0.1) is 0 Å². The van der Waals surface area contributed by atoms with Gasteiger partial charge in [0, 0.05) is 6.08 Å². The van der Waals surface area contributed by atoms with Crippen molar-refractivity contribution in [1.82, 2.24) is 0 Å². The third-order valence-electron chi connectivity index (χ3n) is 1.64. The quantitative estimate of drug-likeness (QED) is 0.280. The lowest BCUT2D eigenvalue weighted by Gasteiger charge is -2.19. The highest BCUT2D eigenvalue weighted by atomic mass is 16.7. The first-order chi connectivity index (χ1) is 6.63. The topological polar surface area (TPSA) is 68.3 Å². The first-order valence-electron chi connectivity index (χ1n) is 4.38. The van der Waals surface area contributed by atoms with E-state index in [9.17, 15) is 9.90 Å². The van der Waals surface area contributed by atoms with E-state index < -0.39 is 18.4 Å². The van der Waals surface area contributed by atoms with Crippen molar-refractivity contribution >= 4 is 5.97 Å². The number of aliphatic hydroxyl groups is 1. The largest absolute Gasteiger partial charge is 0.430 e. The first kappa shape index (κ1) is 11.2. The van der Waals surface area contributed by atoms with Crippen molar-refractivity contribution in [2.24, 2.45) is 0 Å². The Hall–Kier alpha value is -0.910. The fourth-order valence-electron chi connectivity index (χ4n) is 0.801. The van der Waals surface area contributed by atoms with Crippen molar-refractivity contribution in [3.63, 3.8) is 0 Å². The molecule has 1 heterocycles. The molecule has 14 heavy (non-hydrogen) atoms. The van der Waals surface area contributed by atoms with Crippen LogP contribution in [0.5, 0.6) is 0 Å². The summed E-state index contributed by atoms with van der Waals surface area (Å²) in [6, 6.07) is 0. The first-order valence-corrected chi connectivity index (χ1v) is 4.38. The Kier molecular flexibility index (Phi) is 4.06.